The summed E-state index contributed by atoms with van der Waals surface area (Å²) < 4.78 is 0. The number of nitrogens with zero attached hydrogens (tertiary/aromatic N) is 2. The van der Waals surface area contributed by atoms with Crippen molar-refractivity contribution in [2.75, 3.05) is 19.6 Å². The molecule has 1 N–H and O–H groups in total. The van der Waals surface area contributed by atoms with Crippen LogP contribution < -0.4 is 5.32 Å². The van der Waals surface area contributed by atoms with Crippen LogP contribution in [0, 0.1) is 11.3 Å². The van der Waals surface area contributed by atoms with E-state index in [4.69, 9.17) is 5.26 Å². The zero-order chi connectivity index (χ0) is 18.2. The Balaban J connectivity index is 1.53. The summed E-state index contributed by atoms with van der Waals surface area (Å²) in [6, 6.07) is 20.2. The molecule has 1 heterocycles. The van der Waals surface area contributed by atoms with E-state index in [2.05, 4.69) is 40.6 Å². The molecular formula is C22H25N3O. The summed E-state index contributed by atoms with van der Waals surface area (Å²) in [6.45, 7) is 2.84. The van der Waals surface area contributed by atoms with Crippen LogP contribution in [-0.2, 0) is 11.2 Å². The van der Waals surface area contributed by atoms with E-state index in [1.54, 1.807) is 12.1 Å². The van der Waals surface area contributed by atoms with Crippen molar-refractivity contribution in [2.24, 2.45) is 0 Å². The smallest absolute Gasteiger partial charge is 0.220 e. The average Bonchev–Trinajstić information content (AvgIpc) is 3.22. The first-order chi connectivity index (χ1) is 12.8. The number of hydrogen-bond donors (Lipinski definition) is 1. The monoisotopic (exact) mass is 347 g/mol. The molecule has 1 atom stereocenters. The van der Waals surface area contributed by atoms with Crippen molar-refractivity contribution in [3.8, 4) is 6.07 Å². The molecule has 4 heteroatoms. The number of likely N-dealkylation sites (tertiary alicyclic amines) is 1. The molecule has 1 amide bonds. The number of carbonyl (C=O) groups excluding carboxylic acids is 1. The summed E-state index contributed by atoms with van der Waals surface area (Å²) in [7, 11) is 0. The van der Waals surface area contributed by atoms with Gasteiger partial charge in [-0.3, -0.25) is 9.69 Å². The standard InChI is InChI=1S/C22H25N3O/c23-16-19-10-8-18(9-11-19)12-13-22(26)24-17-21(25-14-4-5-15-25)20-6-2-1-3-7-20/h1-3,6-11,21H,4-5,12-15,17H2,(H,24,26). The Kier molecular flexibility index (Phi) is 6.40. The topological polar surface area (TPSA) is 56.1 Å². The normalized spacial score (nSPS) is 15.3. The van der Waals surface area contributed by atoms with Crippen LogP contribution in [0.25, 0.3) is 0 Å². The first-order valence-electron chi connectivity index (χ1n) is 9.31. The second-order valence-electron chi connectivity index (χ2n) is 6.78. The van der Waals surface area contributed by atoms with E-state index in [1.165, 1.54) is 18.4 Å². The lowest BCUT2D eigenvalue weighted by atomic mass is 10.0. The summed E-state index contributed by atoms with van der Waals surface area (Å²) >= 11 is 0. The summed E-state index contributed by atoms with van der Waals surface area (Å²) in [4.78, 5) is 14.8. The molecule has 0 radical (unpaired) electrons. The van der Waals surface area contributed by atoms with Gasteiger partial charge in [-0.05, 0) is 55.6 Å². The Morgan fingerprint density at radius 2 is 1.77 bits per heavy atom. The second kappa shape index (κ2) is 9.17. The highest BCUT2D eigenvalue weighted by molar-refractivity contribution is 5.76. The van der Waals surface area contributed by atoms with E-state index in [1.807, 2.05) is 18.2 Å². The third-order valence-electron chi connectivity index (χ3n) is 4.98. The predicted molar refractivity (Wildman–Crippen MR) is 102 cm³/mol. The number of hydrogen-bond acceptors (Lipinski definition) is 3. The molecule has 134 valence electrons. The molecule has 4 nitrogen and oxygen atoms in total. The minimum atomic E-state index is 0.0782. The molecule has 1 unspecified atom stereocenters. The zero-order valence-corrected chi connectivity index (χ0v) is 15.0. The highest BCUT2D eigenvalue weighted by atomic mass is 16.1. The quantitative estimate of drug-likeness (QED) is 0.835. The second-order valence-corrected chi connectivity index (χ2v) is 6.78. The van der Waals surface area contributed by atoms with E-state index < -0.39 is 0 Å². The predicted octanol–water partition coefficient (Wildman–Crippen LogP) is 3.44. The molecule has 0 aliphatic carbocycles. The fourth-order valence-corrected chi connectivity index (χ4v) is 3.49. The summed E-state index contributed by atoms with van der Waals surface area (Å²) in [5.74, 6) is 0.0782. The van der Waals surface area contributed by atoms with Crippen molar-refractivity contribution in [1.29, 1.82) is 5.26 Å². The van der Waals surface area contributed by atoms with Crippen LogP contribution in [0.15, 0.2) is 54.6 Å². The number of rotatable bonds is 7. The van der Waals surface area contributed by atoms with Gasteiger partial charge in [-0.1, -0.05) is 42.5 Å². The Labute approximate surface area is 155 Å². The largest absolute Gasteiger partial charge is 0.354 e. The van der Waals surface area contributed by atoms with Crippen LogP contribution >= 0.6 is 0 Å². The fourth-order valence-electron chi connectivity index (χ4n) is 3.49. The Bertz CT molecular complexity index is 743. The van der Waals surface area contributed by atoms with Gasteiger partial charge in [0.1, 0.15) is 0 Å². The maximum atomic E-state index is 12.3. The Morgan fingerprint density at radius 3 is 2.42 bits per heavy atom. The van der Waals surface area contributed by atoms with Gasteiger partial charge in [-0.2, -0.15) is 5.26 Å². The molecule has 3 rings (SSSR count). The van der Waals surface area contributed by atoms with Crippen LogP contribution in [0.4, 0.5) is 0 Å². The minimum Gasteiger partial charge on any atom is -0.354 e. The lowest BCUT2D eigenvalue weighted by molar-refractivity contribution is -0.121. The molecule has 1 aliphatic rings. The van der Waals surface area contributed by atoms with Gasteiger partial charge >= 0.3 is 0 Å². The van der Waals surface area contributed by atoms with E-state index >= 15 is 0 Å². The maximum Gasteiger partial charge on any atom is 0.220 e. The number of benzene rings is 2. The van der Waals surface area contributed by atoms with Gasteiger partial charge in [-0.15, -0.1) is 0 Å². The molecule has 26 heavy (non-hydrogen) atoms. The molecule has 1 aliphatic heterocycles. The van der Waals surface area contributed by atoms with Gasteiger partial charge in [0.15, 0.2) is 0 Å². The number of nitriles is 1. The van der Waals surface area contributed by atoms with Crippen LogP contribution in [0.1, 0.15) is 42.0 Å². The van der Waals surface area contributed by atoms with Crippen molar-refractivity contribution in [1.82, 2.24) is 10.2 Å². The molecular weight excluding hydrogens is 322 g/mol. The van der Waals surface area contributed by atoms with Crippen LogP contribution in [0.5, 0.6) is 0 Å². The third-order valence-corrected chi connectivity index (χ3v) is 4.98. The lowest BCUT2D eigenvalue weighted by Crippen LogP contribution is -2.36. The van der Waals surface area contributed by atoms with Gasteiger partial charge in [0.05, 0.1) is 17.7 Å². The van der Waals surface area contributed by atoms with Gasteiger partial charge < -0.3 is 5.32 Å². The van der Waals surface area contributed by atoms with Gasteiger partial charge in [0.2, 0.25) is 5.91 Å². The van der Waals surface area contributed by atoms with E-state index in [0.29, 0.717) is 24.9 Å². The molecule has 2 aromatic rings. The minimum absolute atomic E-state index is 0.0782. The number of carbonyl (C=O) groups is 1. The first-order valence-corrected chi connectivity index (χ1v) is 9.31. The van der Waals surface area contributed by atoms with E-state index in [0.717, 1.165) is 18.7 Å². The van der Waals surface area contributed by atoms with Crippen molar-refractivity contribution in [3.63, 3.8) is 0 Å². The average molecular weight is 347 g/mol. The molecule has 0 bridgehead atoms. The molecule has 0 saturated carbocycles. The molecule has 1 fully saturated rings. The van der Waals surface area contributed by atoms with E-state index in [-0.39, 0.29) is 11.9 Å². The van der Waals surface area contributed by atoms with Gasteiger partial charge in [-0.25, -0.2) is 0 Å². The zero-order valence-electron chi connectivity index (χ0n) is 15.0. The fraction of sp³-hybridized carbons (Fsp3) is 0.364. The Hall–Kier alpha value is -2.64. The summed E-state index contributed by atoms with van der Waals surface area (Å²) in [5, 5.41) is 12.0. The van der Waals surface area contributed by atoms with Gasteiger partial charge in [0.25, 0.3) is 0 Å². The third kappa shape index (κ3) is 4.93. The van der Waals surface area contributed by atoms with Crippen molar-refractivity contribution < 1.29 is 4.79 Å². The van der Waals surface area contributed by atoms with Crippen LogP contribution in [-0.4, -0.2) is 30.4 Å². The van der Waals surface area contributed by atoms with Crippen molar-refractivity contribution >= 4 is 5.91 Å². The molecule has 0 spiro atoms. The molecule has 0 aromatic heterocycles. The number of aryl methyl sites for hydroxylation is 1. The number of nitrogens with one attached hydrogen (secondary N) is 1. The van der Waals surface area contributed by atoms with Crippen molar-refractivity contribution in [2.45, 2.75) is 31.7 Å². The molecule has 2 aromatic carbocycles. The SMILES string of the molecule is N#Cc1ccc(CCC(=O)NCC(c2ccccc2)N2CCCC2)cc1. The first kappa shape index (κ1) is 18.2. The summed E-state index contributed by atoms with van der Waals surface area (Å²) in [5.41, 5.74) is 3.00. The summed E-state index contributed by atoms with van der Waals surface area (Å²) in [6.07, 6.45) is 3.62. The maximum absolute atomic E-state index is 12.3. The van der Waals surface area contributed by atoms with Crippen molar-refractivity contribution in [3.05, 3.63) is 71.3 Å². The Morgan fingerprint density at radius 1 is 1.08 bits per heavy atom. The molecule has 1 saturated heterocycles. The number of amides is 1. The lowest BCUT2D eigenvalue weighted by Gasteiger charge is -2.28. The van der Waals surface area contributed by atoms with Crippen LogP contribution in [0.2, 0.25) is 0 Å². The highest BCUT2D eigenvalue weighted by Gasteiger charge is 2.23. The van der Waals surface area contributed by atoms with E-state index in [9.17, 15) is 4.79 Å². The highest BCUT2D eigenvalue weighted by Crippen LogP contribution is 2.24. The van der Waals surface area contributed by atoms with Crippen LogP contribution in [0.3, 0.4) is 0 Å². The van der Waals surface area contributed by atoms with Gasteiger partial charge in [0, 0.05) is 13.0 Å².